The molecule has 2 aromatic rings. The standard InChI is InChI=1S/C11H11ClN4/c12-9-4-3-7(13)5-8(9)11-14-10(15-16-11)6-1-2-6/h3-6H,1-2,13H2,(H,14,15,16). The summed E-state index contributed by atoms with van der Waals surface area (Å²) in [5, 5.41) is 7.75. The number of nitrogens with two attached hydrogens (primary N) is 1. The summed E-state index contributed by atoms with van der Waals surface area (Å²) >= 11 is 6.09. The second-order valence-electron chi connectivity index (χ2n) is 4.06. The fourth-order valence-electron chi connectivity index (χ4n) is 1.65. The molecule has 1 heterocycles. The van der Waals surface area contributed by atoms with Crippen molar-refractivity contribution in [1.82, 2.24) is 15.2 Å². The summed E-state index contributed by atoms with van der Waals surface area (Å²) in [6.45, 7) is 0. The van der Waals surface area contributed by atoms with Gasteiger partial charge in [-0.05, 0) is 31.0 Å². The predicted octanol–water partition coefficient (Wildman–Crippen LogP) is 2.58. The molecule has 3 rings (SSSR count). The van der Waals surface area contributed by atoms with E-state index in [9.17, 15) is 0 Å². The smallest absolute Gasteiger partial charge is 0.182 e. The average Bonchev–Trinajstić information content (AvgIpc) is 3.01. The molecule has 1 fully saturated rings. The lowest BCUT2D eigenvalue weighted by Gasteiger charge is -2.00. The maximum absolute atomic E-state index is 6.09. The van der Waals surface area contributed by atoms with E-state index in [0.717, 1.165) is 11.4 Å². The zero-order valence-corrected chi connectivity index (χ0v) is 9.33. The summed E-state index contributed by atoms with van der Waals surface area (Å²) in [6.07, 6.45) is 2.39. The second-order valence-corrected chi connectivity index (χ2v) is 4.47. The molecule has 1 saturated carbocycles. The molecule has 1 aliphatic rings. The van der Waals surface area contributed by atoms with Crippen molar-refractivity contribution in [2.45, 2.75) is 18.8 Å². The second kappa shape index (κ2) is 3.49. The molecule has 3 N–H and O–H groups in total. The van der Waals surface area contributed by atoms with E-state index in [2.05, 4.69) is 15.2 Å². The molecule has 0 radical (unpaired) electrons. The van der Waals surface area contributed by atoms with Gasteiger partial charge in [0.2, 0.25) is 0 Å². The van der Waals surface area contributed by atoms with Crippen molar-refractivity contribution in [3.8, 4) is 11.4 Å². The number of rotatable bonds is 2. The van der Waals surface area contributed by atoms with Gasteiger partial charge < -0.3 is 5.73 Å². The summed E-state index contributed by atoms with van der Waals surface area (Å²) < 4.78 is 0. The molecule has 4 nitrogen and oxygen atoms in total. The molecule has 0 amide bonds. The molecule has 0 aliphatic heterocycles. The normalized spacial score (nSPS) is 15.3. The van der Waals surface area contributed by atoms with Gasteiger partial charge in [0.1, 0.15) is 5.82 Å². The molecule has 1 aliphatic carbocycles. The van der Waals surface area contributed by atoms with Crippen molar-refractivity contribution >= 4 is 17.3 Å². The number of aromatic amines is 1. The molecule has 82 valence electrons. The van der Waals surface area contributed by atoms with E-state index in [1.807, 2.05) is 0 Å². The molecule has 0 bridgehead atoms. The highest BCUT2D eigenvalue weighted by atomic mass is 35.5. The van der Waals surface area contributed by atoms with Crippen LogP contribution in [0.1, 0.15) is 24.6 Å². The van der Waals surface area contributed by atoms with E-state index in [1.54, 1.807) is 18.2 Å². The quantitative estimate of drug-likeness (QED) is 0.785. The van der Waals surface area contributed by atoms with Crippen LogP contribution in [0.4, 0.5) is 5.69 Å². The van der Waals surface area contributed by atoms with Gasteiger partial charge in [-0.25, -0.2) is 4.98 Å². The van der Waals surface area contributed by atoms with Gasteiger partial charge in [0.05, 0.1) is 5.02 Å². The van der Waals surface area contributed by atoms with Gasteiger partial charge in [-0.15, -0.1) is 0 Å². The number of hydrogen-bond donors (Lipinski definition) is 2. The fraction of sp³-hybridized carbons (Fsp3) is 0.273. The van der Waals surface area contributed by atoms with Crippen LogP contribution in [-0.2, 0) is 0 Å². The number of H-pyrrole nitrogens is 1. The van der Waals surface area contributed by atoms with Crippen LogP contribution in [0.2, 0.25) is 5.02 Å². The lowest BCUT2D eigenvalue weighted by Crippen LogP contribution is -1.88. The highest BCUT2D eigenvalue weighted by Gasteiger charge is 2.27. The Morgan fingerprint density at radius 2 is 2.19 bits per heavy atom. The molecular formula is C11H11ClN4. The molecule has 5 heteroatoms. The van der Waals surface area contributed by atoms with Crippen molar-refractivity contribution in [2.75, 3.05) is 5.73 Å². The number of nitrogens with one attached hydrogen (secondary N) is 1. The van der Waals surface area contributed by atoms with Gasteiger partial charge in [-0.3, -0.25) is 5.10 Å². The Labute approximate surface area is 97.8 Å². The van der Waals surface area contributed by atoms with E-state index in [4.69, 9.17) is 17.3 Å². The molecule has 0 unspecified atom stereocenters. The zero-order chi connectivity index (χ0) is 11.1. The summed E-state index contributed by atoms with van der Waals surface area (Å²) in [5.74, 6) is 2.13. The Kier molecular flexibility index (Phi) is 2.11. The Morgan fingerprint density at radius 3 is 2.94 bits per heavy atom. The predicted molar refractivity (Wildman–Crippen MR) is 63.2 cm³/mol. The highest BCUT2D eigenvalue weighted by molar-refractivity contribution is 6.33. The SMILES string of the molecule is Nc1ccc(Cl)c(-c2n[nH]c(C3CC3)n2)c1. The van der Waals surface area contributed by atoms with Crippen molar-refractivity contribution < 1.29 is 0 Å². The summed E-state index contributed by atoms with van der Waals surface area (Å²) in [5.41, 5.74) is 7.17. The third kappa shape index (κ3) is 1.65. The Morgan fingerprint density at radius 1 is 1.38 bits per heavy atom. The number of halogens is 1. The molecule has 0 atom stereocenters. The van der Waals surface area contributed by atoms with Crippen LogP contribution in [0.3, 0.4) is 0 Å². The highest BCUT2D eigenvalue weighted by Crippen LogP contribution is 2.38. The molecule has 0 saturated heterocycles. The van der Waals surface area contributed by atoms with Crippen molar-refractivity contribution in [3.63, 3.8) is 0 Å². The Hall–Kier alpha value is -1.55. The van der Waals surface area contributed by atoms with Crippen molar-refractivity contribution in [3.05, 3.63) is 29.0 Å². The summed E-state index contributed by atoms with van der Waals surface area (Å²) in [7, 11) is 0. The molecule has 0 spiro atoms. The van der Waals surface area contributed by atoms with Gasteiger partial charge in [0, 0.05) is 17.2 Å². The van der Waals surface area contributed by atoms with Crippen LogP contribution in [0.25, 0.3) is 11.4 Å². The minimum absolute atomic E-state index is 0.557. The van der Waals surface area contributed by atoms with E-state index < -0.39 is 0 Å². The number of hydrogen-bond acceptors (Lipinski definition) is 3. The van der Waals surface area contributed by atoms with E-state index >= 15 is 0 Å². The first kappa shape index (κ1) is 9.66. The van der Waals surface area contributed by atoms with Gasteiger partial charge in [0.15, 0.2) is 5.82 Å². The summed E-state index contributed by atoms with van der Waals surface area (Å²) in [6, 6.07) is 5.32. The van der Waals surface area contributed by atoms with Gasteiger partial charge in [-0.1, -0.05) is 11.6 Å². The molecule has 16 heavy (non-hydrogen) atoms. The number of benzene rings is 1. The first-order chi connectivity index (χ1) is 7.74. The third-order valence-electron chi connectivity index (χ3n) is 2.70. The number of aromatic nitrogens is 3. The summed E-state index contributed by atoms with van der Waals surface area (Å²) in [4.78, 5) is 4.44. The van der Waals surface area contributed by atoms with Crippen molar-refractivity contribution in [1.29, 1.82) is 0 Å². The minimum atomic E-state index is 0.557. The third-order valence-corrected chi connectivity index (χ3v) is 3.03. The van der Waals surface area contributed by atoms with Gasteiger partial charge in [0.25, 0.3) is 0 Å². The lowest BCUT2D eigenvalue weighted by atomic mass is 10.2. The van der Waals surface area contributed by atoms with Crippen LogP contribution in [0.15, 0.2) is 18.2 Å². The van der Waals surface area contributed by atoms with E-state index in [-0.39, 0.29) is 0 Å². The fourth-order valence-corrected chi connectivity index (χ4v) is 1.85. The van der Waals surface area contributed by atoms with E-state index in [1.165, 1.54) is 12.8 Å². The first-order valence-electron chi connectivity index (χ1n) is 5.22. The topological polar surface area (TPSA) is 67.6 Å². The Bertz CT molecular complexity index is 531. The van der Waals surface area contributed by atoms with Crippen LogP contribution in [0.5, 0.6) is 0 Å². The van der Waals surface area contributed by atoms with Crippen LogP contribution in [0, 0.1) is 0 Å². The minimum Gasteiger partial charge on any atom is -0.399 e. The maximum Gasteiger partial charge on any atom is 0.182 e. The number of nitrogen functional groups attached to an aromatic ring is 1. The largest absolute Gasteiger partial charge is 0.399 e. The molecule has 1 aromatic carbocycles. The Balaban J connectivity index is 2.03. The van der Waals surface area contributed by atoms with Gasteiger partial charge in [-0.2, -0.15) is 5.10 Å². The van der Waals surface area contributed by atoms with Crippen LogP contribution >= 0.6 is 11.6 Å². The zero-order valence-electron chi connectivity index (χ0n) is 8.57. The van der Waals surface area contributed by atoms with Crippen LogP contribution < -0.4 is 5.73 Å². The number of anilines is 1. The average molecular weight is 235 g/mol. The van der Waals surface area contributed by atoms with Crippen molar-refractivity contribution in [2.24, 2.45) is 0 Å². The molecular weight excluding hydrogens is 224 g/mol. The maximum atomic E-state index is 6.09. The number of nitrogens with zero attached hydrogens (tertiary/aromatic N) is 2. The monoisotopic (exact) mass is 234 g/mol. The first-order valence-corrected chi connectivity index (χ1v) is 5.59. The van der Waals surface area contributed by atoms with Crippen LogP contribution in [-0.4, -0.2) is 15.2 Å². The van der Waals surface area contributed by atoms with E-state index in [0.29, 0.717) is 22.5 Å². The van der Waals surface area contributed by atoms with Gasteiger partial charge >= 0.3 is 0 Å². The lowest BCUT2D eigenvalue weighted by molar-refractivity contribution is 0.935. The molecule has 1 aromatic heterocycles.